The summed E-state index contributed by atoms with van der Waals surface area (Å²) >= 11 is 6.40. The van der Waals surface area contributed by atoms with Crippen molar-refractivity contribution >= 4 is 30.3 Å². The van der Waals surface area contributed by atoms with E-state index in [4.69, 9.17) is 18.4 Å². The van der Waals surface area contributed by atoms with Crippen LogP contribution >= 0.6 is 24.4 Å². The minimum Gasteiger partial charge on any atom is -0.354 e. The third kappa shape index (κ3) is 8.10. The monoisotopic (exact) mass is 306 g/mol. The van der Waals surface area contributed by atoms with Crippen molar-refractivity contribution < 1.29 is 4.79 Å². The summed E-state index contributed by atoms with van der Waals surface area (Å²) in [5, 5.41) is 3.02. The molecule has 5 heteroatoms. The molecular weight excluding hydrogens is 276 g/mol. The molecule has 0 aromatic carbocycles. The minimum atomic E-state index is -0.397. The highest BCUT2D eigenvalue weighted by Crippen LogP contribution is 2.42. The molecule has 0 bridgehead atoms. The fraction of sp³-hybridized carbons (Fsp3) is 0.929. The molecule has 0 heterocycles. The van der Waals surface area contributed by atoms with E-state index in [0.29, 0.717) is 6.54 Å². The van der Waals surface area contributed by atoms with E-state index in [9.17, 15) is 4.79 Å². The molecule has 114 valence electrons. The maximum Gasteiger partial charge on any atom is 0.225 e. The molecular formula is C14H30N2OS2. The molecule has 2 atom stereocenters. The number of nitrogens with one attached hydrogen (secondary N) is 1. The van der Waals surface area contributed by atoms with Crippen molar-refractivity contribution in [3.63, 3.8) is 0 Å². The Hall–Kier alpha value is 0.130. The van der Waals surface area contributed by atoms with Gasteiger partial charge in [0.25, 0.3) is 0 Å². The summed E-state index contributed by atoms with van der Waals surface area (Å²) < 4.78 is -0.397. The van der Waals surface area contributed by atoms with Gasteiger partial charge in [-0.15, -0.1) is 11.8 Å². The first-order chi connectivity index (χ1) is 8.49. The summed E-state index contributed by atoms with van der Waals surface area (Å²) in [7, 11) is 0. The second-order valence-corrected chi connectivity index (χ2v) is 9.45. The molecule has 0 radical (unpaired) electrons. The van der Waals surface area contributed by atoms with E-state index in [1.165, 1.54) is 0 Å². The third-order valence-electron chi connectivity index (χ3n) is 2.72. The quantitative estimate of drug-likeness (QED) is 0.501. The van der Waals surface area contributed by atoms with Gasteiger partial charge in [0.15, 0.2) is 0 Å². The van der Waals surface area contributed by atoms with Crippen molar-refractivity contribution in [1.82, 2.24) is 5.32 Å². The SMILES string of the molecule is CC(C)NC(=O)C(CC(C)(C)C)C(C)(S)SCCN. The normalized spacial score (nSPS) is 17.1. The zero-order valence-electron chi connectivity index (χ0n) is 13.1. The summed E-state index contributed by atoms with van der Waals surface area (Å²) in [6, 6.07) is 0.151. The lowest BCUT2D eigenvalue weighted by Gasteiger charge is -2.36. The van der Waals surface area contributed by atoms with Gasteiger partial charge < -0.3 is 11.1 Å². The van der Waals surface area contributed by atoms with E-state index >= 15 is 0 Å². The molecule has 2 unspecified atom stereocenters. The Kier molecular flexibility index (Phi) is 7.85. The zero-order chi connectivity index (χ0) is 15.3. The third-order valence-corrected chi connectivity index (χ3v) is 4.73. The van der Waals surface area contributed by atoms with E-state index in [-0.39, 0.29) is 23.3 Å². The molecule has 0 aromatic heterocycles. The highest BCUT2D eigenvalue weighted by molar-refractivity contribution is 8.11. The molecule has 0 aliphatic heterocycles. The van der Waals surface area contributed by atoms with Crippen LogP contribution in [0.25, 0.3) is 0 Å². The van der Waals surface area contributed by atoms with Crippen LogP contribution in [0.1, 0.15) is 48.0 Å². The van der Waals surface area contributed by atoms with E-state index < -0.39 is 4.08 Å². The molecule has 19 heavy (non-hydrogen) atoms. The molecule has 0 fully saturated rings. The molecule has 3 nitrogen and oxygen atoms in total. The summed E-state index contributed by atoms with van der Waals surface area (Å²) in [5.41, 5.74) is 5.65. The fourth-order valence-electron chi connectivity index (χ4n) is 1.89. The number of carbonyl (C=O) groups excluding carboxylic acids is 1. The lowest BCUT2D eigenvalue weighted by molar-refractivity contribution is -0.126. The Morgan fingerprint density at radius 3 is 2.21 bits per heavy atom. The highest BCUT2D eigenvalue weighted by Gasteiger charge is 2.39. The van der Waals surface area contributed by atoms with Gasteiger partial charge in [-0.1, -0.05) is 20.8 Å². The van der Waals surface area contributed by atoms with E-state index in [2.05, 4.69) is 26.1 Å². The summed E-state index contributed by atoms with van der Waals surface area (Å²) in [6.07, 6.45) is 0.809. The smallest absolute Gasteiger partial charge is 0.225 e. The predicted molar refractivity (Wildman–Crippen MR) is 89.7 cm³/mol. The maximum absolute atomic E-state index is 12.4. The topological polar surface area (TPSA) is 55.1 Å². The molecule has 0 aliphatic rings. The molecule has 0 spiro atoms. The predicted octanol–water partition coefficient (Wildman–Crippen LogP) is 2.90. The van der Waals surface area contributed by atoms with E-state index in [0.717, 1.165) is 12.2 Å². The Balaban J connectivity index is 4.98. The van der Waals surface area contributed by atoms with Crippen molar-refractivity contribution in [3.05, 3.63) is 0 Å². The van der Waals surface area contributed by atoms with Crippen molar-refractivity contribution in [1.29, 1.82) is 0 Å². The number of nitrogens with two attached hydrogens (primary N) is 1. The second kappa shape index (κ2) is 7.79. The second-order valence-electron chi connectivity index (χ2n) is 6.67. The number of hydrogen-bond donors (Lipinski definition) is 3. The maximum atomic E-state index is 12.4. The van der Waals surface area contributed by atoms with Crippen LogP contribution in [0.4, 0.5) is 0 Å². The van der Waals surface area contributed by atoms with Gasteiger partial charge in [-0.2, -0.15) is 12.6 Å². The Morgan fingerprint density at radius 2 is 1.84 bits per heavy atom. The Morgan fingerprint density at radius 1 is 1.32 bits per heavy atom. The van der Waals surface area contributed by atoms with Gasteiger partial charge in [0.1, 0.15) is 0 Å². The van der Waals surface area contributed by atoms with Gasteiger partial charge >= 0.3 is 0 Å². The van der Waals surface area contributed by atoms with E-state index in [1.54, 1.807) is 11.8 Å². The van der Waals surface area contributed by atoms with Gasteiger partial charge in [0, 0.05) is 18.3 Å². The van der Waals surface area contributed by atoms with Crippen LogP contribution in [-0.4, -0.2) is 28.3 Å². The molecule has 0 aromatic rings. The first-order valence-electron chi connectivity index (χ1n) is 6.86. The number of amides is 1. The van der Waals surface area contributed by atoms with Crippen LogP contribution in [0.2, 0.25) is 0 Å². The average molecular weight is 307 g/mol. The minimum absolute atomic E-state index is 0.0895. The van der Waals surface area contributed by atoms with Crippen LogP contribution in [0, 0.1) is 11.3 Å². The van der Waals surface area contributed by atoms with Crippen molar-refractivity contribution in [2.24, 2.45) is 17.1 Å². The van der Waals surface area contributed by atoms with Crippen LogP contribution in [0.5, 0.6) is 0 Å². The van der Waals surface area contributed by atoms with Gasteiger partial charge in [-0.3, -0.25) is 4.79 Å². The van der Waals surface area contributed by atoms with E-state index in [1.807, 2.05) is 20.8 Å². The molecule has 0 saturated heterocycles. The lowest BCUT2D eigenvalue weighted by Crippen LogP contribution is -2.44. The van der Waals surface area contributed by atoms with Crippen LogP contribution in [0.15, 0.2) is 0 Å². The molecule has 1 amide bonds. The summed E-state index contributed by atoms with van der Waals surface area (Å²) in [6.45, 7) is 13.0. The number of thioether (sulfide) groups is 1. The Bertz CT molecular complexity index is 286. The molecule has 3 N–H and O–H groups in total. The summed E-state index contributed by atoms with van der Waals surface area (Å²) in [5.74, 6) is 0.775. The fourth-order valence-corrected chi connectivity index (χ4v) is 3.29. The first kappa shape index (κ1) is 19.1. The van der Waals surface area contributed by atoms with Gasteiger partial charge in [0.05, 0.1) is 10.00 Å². The van der Waals surface area contributed by atoms with Crippen LogP contribution < -0.4 is 11.1 Å². The number of rotatable bonds is 7. The average Bonchev–Trinajstić information content (AvgIpc) is 2.20. The first-order valence-corrected chi connectivity index (χ1v) is 8.29. The molecule has 0 saturated carbocycles. The number of carbonyl (C=O) groups is 1. The largest absolute Gasteiger partial charge is 0.354 e. The summed E-state index contributed by atoms with van der Waals surface area (Å²) in [4.78, 5) is 12.4. The van der Waals surface area contributed by atoms with Gasteiger partial charge in [-0.05, 0) is 32.6 Å². The molecule has 0 rings (SSSR count). The van der Waals surface area contributed by atoms with Crippen LogP contribution in [0.3, 0.4) is 0 Å². The van der Waals surface area contributed by atoms with Crippen molar-refractivity contribution in [3.8, 4) is 0 Å². The standard InChI is InChI=1S/C14H30N2OS2/c1-10(2)16-12(17)11(9-13(3,4)5)14(6,18)19-8-7-15/h10-11,18H,7-9,15H2,1-6H3,(H,16,17). The van der Waals surface area contributed by atoms with Crippen LogP contribution in [-0.2, 0) is 4.79 Å². The lowest BCUT2D eigenvalue weighted by atomic mass is 9.82. The van der Waals surface area contributed by atoms with Gasteiger partial charge in [0.2, 0.25) is 5.91 Å². The van der Waals surface area contributed by atoms with Crippen molar-refractivity contribution in [2.75, 3.05) is 12.3 Å². The molecule has 0 aliphatic carbocycles. The van der Waals surface area contributed by atoms with Crippen molar-refractivity contribution in [2.45, 2.75) is 58.1 Å². The highest BCUT2D eigenvalue weighted by atomic mass is 32.2. The number of hydrogen-bond acceptors (Lipinski definition) is 4. The number of thiol groups is 1. The van der Waals surface area contributed by atoms with Gasteiger partial charge in [-0.25, -0.2) is 0 Å². The Labute approximate surface area is 128 Å². The zero-order valence-corrected chi connectivity index (χ0v) is 14.8.